The first-order valence-electron chi connectivity index (χ1n) is 9.87. The SMILES string of the molecule is COc1ccc(O)c(C(=O)c2ccc(C(=O)N[C@H]3CCCN(C(N)=O)CC3)cc2)c1F.Cl. The van der Waals surface area contributed by atoms with Gasteiger partial charge in [-0.3, -0.25) is 9.59 Å². The monoisotopic (exact) mass is 465 g/mol. The van der Waals surface area contributed by atoms with Crippen molar-refractivity contribution in [3.63, 3.8) is 0 Å². The van der Waals surface area contributed by atoms with Crippen LogP contribution in [0, 0.1) is 5.82 Å². The van der Waals surface area contributed by atoms with Crippen molar-refractivity contribution in [1.29, 1.82) is 0 Å². The molecule has 2 aromatic carbocycles. The van der Waals surface area contributed by atoms with Crippen LogP contribution < -0.4 is 15.8 Å². The third-order valence-electron chi connectivity index (χ3n) is 5.32. The molecule has 1 heterocycles. The van der Waals surface area contributed by atoms with Crippen molar-refractivity contribution < 1.29 is 28.6 Å². The van der Waals surface area contributed by atoms with Crippen molar-refractivity contribution >= 4 is 30.1 Å². The summed E-state index contributed by atoms with van der Waals surface area (Å²) in [6.45, 7) is 1.04. The van der Waals surface area contributed by atoms with Gasteiger partial charge in [-0.25, -0.2) is 9.18 Å². The average molecular weight is 466 g/mol. The second-order valence-corrected chi connectivity index (χ2v) is 7.31. The highest BCUT2D eigenvalue weighted by Gasteiger charge is 2.23. The largest absolute Gasteiger partial charge is 0.507 e. The van der Waals surface area contributed by atoms with Crippen LogP contribution in [0.15, 0.2) is 36.4 Å². The number of phenols is 1. The van der Waals surface area contributed by atoms with Crippen LogP contribution in [-0.2, 0) is 0 Å². The van der Waals surface area contributed by atoms with Crippen LogP contribution >= 0.6 is 12.4 Å². The number of carbonyl (C=O) groups excluding carboxylic acids is 3. The van der Waals surface area contributed by atoms with Crippen molar-refractivity contribution in [1.82, 2.24) is 10.2 Å². The zero-order chi connectivity index (χ0) is 22.5. The summed E-state index contributed by atoms with van der Waals surface area (Å²) >= 11 is 0. The molecule has 4 N–H and O–H groups in total. The Bertz CT molecular complexity index is 1000. The molecule has 3 amide bonds. The molecule has 1 aliphatic rings. The lowest BCUT2D eigenvalue weighted by Gasteiger charge is -2.18. The van der Waals surface area contributed by atoms with Crippen LogP contribution in [0.3, 0.4) is 0 Å². The van der Waals surface area contributed by atoms with Crippen molar-refractivity contribution in [3.05, 3.63) is 58.9 Å². The molecule has 1 atom stereocenters. The number of methoxy groups -OCH3 is 1. The number of phenolic OH excluding ortho intramolecular Hbond substituents is 1. The standard InChI is InChI=1S/C22H24FN3O5.ClH/c1-31-17-9-8-16(27)18(19(17)23)20(28)13-4-6-14(7-5-13)21(29)25-15-3-2-11-26(12-10-15)22(24)30;/h4-9,15,27H,2-3,10-12H2,1H3,(H2,24,30)(H,25,29);1H/t15-;/m0./s1. The van der Waals surface area contributed by atoms with E-state index in [0.717, 1.165) is 12.8 Å². The number of nitrogens with zero attached hydrogens (tertiary/aromatic N) is 1. The van der Waals surface area contributed by atoms with Gasteiger partial charge in [-0.05, 0) is 43.5 Å². The molecule has 0 aliphatic carbocycles. The number of hydrogen-bond donors (Lipinski definition) is 3. The Morgan fingerprint density at radius 3 is 2.38 bits per heavy atom. The quantitative estimate of drug-likeness (QED) is 0.586. The summed E-state index contributed by atoms with van der Waals surface area (Å²) in [5.41, 5.74) is 5.28. The number of benzene rings is 2. The fourth-order valence-electron chi connectivity index (χ4n) is 3.57. The highest BCUT2D eigenvalue weighted by Crippen LogP contribution is 2.30. The van der Waals surface area contributed by atoms with Gasteiger partial charge in [0.25, 0.3) is 5.91 Å². The van der Waals surface area contributed by atoms with Crippen molar-refractivity contribution in [2.75, 3.05) is 20.2 Å². The van der Waals surface area contributed by atoms with E-state index < -0.39 is 28.9 Å². The molecule has 0 spiro atoms. The molecule has 0 saturated carbocycles. The smallest absolute Gasteiger partial charge is 0.314 e. The number of halogens is 2. The van der Waals surface area contributed by atoms with Crippen LogP contribution in [0.1, 0.15) is 45.5 Å². The lowest BCUT2D eigenvalue weighted by molar-refractivity contribution is 0.0932. The van der Waals surface area contributed by atoms with Gasteiger partial charge in [-0.15, -0.1) is 12.4 Å². The van der Waals surface area contributed by atoms with E-state index in [9.17, 15) is 23.9 Å². The summed E-state index contributed by atoms with van der Waals surface area (Å²) in [4.78, 5) is 38.1. The third-order valence-corrected chi connectivity index (χ3v) is 5.32. The van der Waals surface area contributed by atoms with E-state index in [2.05, 4.69) is 5.32 Å². The van der Waals surface area contributed by atoms with Crippen LogP contribution in [0.4, 0.5) is 9.18 Å². The summed E-state index contributed by atoms with van der Waals surface area (Å²) in [6, 6.07) is 7.57. The molecule has 172 valence electrons. The maximum Gasteiger partial charge on any atom is 0.314 e. The molecule has 32 heavy (non-hydrogen) atoms. The number of likely N-dealkylation sites (tertiary alicyclic amines) is 1. The summed E-state index contributed by atoms with van der Waals surface area (Å²) in [5, 5.41) is 12.9. The van der Waals surface area contributed by atoms with Crippen LogP contribution in [0.2, 0.25) is 0 Å². The number of ether oxygens (including phenoxy) is 1. The van der Waals surface area contributed by atoms with Gasteiger partial charge in [0.1, 0.15) is 11.3 Å². The number of aromatic hydroxyl groups is 1. The lowest BCUT2D eigenvalue weighted by atomic mass is 10.00. The average Bonchev–Trinajstić information content (AvgIpc) is 2.99. The van der Waals surface area contributed by atoms with Crippen molar-refractivity contribution in [2.24, 2.45) is 5.73 Å². The van der Waals surface area contributed by atoms with E-state index >= 15 is 0 Å². The normalized spacial score (nSPS) is 15.8. The number of amides is 3. The van der Waals surface area contributed by atoms with Gasteiger partial charge < -0.3 is 25.8 Å². The van der Waals surface area contributed by atoms with Gasteiger partial charge in [-0.1, -0.05) is 12.1 Å². The second-order valence-electron chi connectivity index (χ2n) is 7.31. The maximum atomic E-state index is 14.4. The molecular weight excluding hydrogens is 441 g/mol. The number of primary amides is 1. The van der Waals surface area contributed by atoms with Crippen LogP contribution in [0.5, 0.6) is 11.5 Å². The Morgan fingerprint density at radius 2 is 1.75 bits per heavy atom. The molecule has 8 nitrogen and oxygen atoms in total. The van der Waals surface area contributed by atoms with E-state index in [4.69, 9.17) is 10.5 Å². The molecule has 0 unspecified atom stereocenters. The minimum absolute atomic E-state index is 0. The van der Waals surface area contributed by atoms with E-state index in [0.29, 0.717) is 25.1 Å². The van der Waals surface area contributed by atoms with E-state index in [1.165, 1.54) is 43.5 Å². The first kappa shape index (κ1) is 24.9. The van der Waals surface area contributed by atoms with Crippen molar-refractivity contribution in [3.8, 4) is 11.5 Å². The van der Waals surface area contributed by atoms with E-state index in [1.807, 2.05) is 0 Å². The van der Waals surface area contributed by atoms with Crippen LogP contribution in [0.25, 0.3) is 0 Å². The van der Waals surface area contributed by atoms with E-state index in [1.54, 1.807) is 4.90 Å². The summed E-state index contributed by atoms with van der Waals surface area (Å²) < 4.78 is 19.3. The van der Waals surface area contributed by atoms with Gasteiger partial charge in [0, 0.05) is 30.3 Å². The summed E-state index contributed by atoms with van der Waals surface area (Å²) in [5.74, 6) is -2.64. The Balaban J connectivity index is 0.00000363. The second kappa shape index (κ2) is 10.8. The zero-order valence-corrected chi connectivity index (χ0v) is 18.3. The van der Waals surface area contributed by atoms with Gasteiger partial charge >= 0.3 is 6.03 Å². The van der Waals surface area contributed by atoms with Crippen molar-refractivity contribution in [2.45, 2.75) is 25.3 Å². The fourth-order valence-corrected chi connectivity index (χ4v) is 3.57. The number of nitrogens with one attached hydrogen (secondary N) is 1. The Labute approximate surface area is 190 Å². The summed E-state index contributed by atoms with van der Waals surface area (Å²) in [7, 11) is 1.26. The van der Waals surface area contributed by atoms with Crippen LogP contribution in [-0.4, -0.2) is 54.0 Å². The molecule has 2 aromatic rings. The molecule has 1 fully saturated rings. The highest BCUT2D eigenvalue weighted by molar-refractivity contribution is 6.11. The first-order valence-corrected chi connectivity index (χ1v) is 9.87. The third kappa shape index (κ3) is 5.47. The topological polar surface area (TPSA) is 122 Å². The Morgan fingerprint density at radius 1 is 1.09 bits per heavy atom. The molecular formula is C22H25ClFN3O5. The van der Waals surface area contributed by atoms with Gasteiger partial charge in [0.2, 0.25) is 0 Å². The fraction of sp³-hybridized carbons (Fsp3) is 0.318. The molecule has 1 aliphatic heterocycles. The Kier molecular flexibility index (Phi) is 8.42. The van der Waals surface area contributed by atoms with E-state index in [-0.39, 0.29) is 35.7 Å². The lowest BCUT2D eigenvalue weighted by Crippen LogP contribution is -2.38. The number of urea groups is 1. The zero-order valence-electron chi connectivity index (χ0n) is 17.5. The maximum absolute atomic E-state index is 14.4. The molecule has 1 saturated heterocycles. The predicted octanol–water partition coefficient (Wildman–Crippen LogP) is 2.86. The van der Waals surface area contributed by atoms with Gasteiger partial charge in [0.15, 0.2) is 17.3 Å². The predicted molar refractivity (Wildman–Crippen MR) is 118 cm³/mol. The van der Waals surface area contributed by atoms with Gasteiger partial charge in [0.05, 0.1) is 7.11 Å². The molecule has 10 heteroatoms. The minimum Gasteiger partial charge on any atom is -0.507 e. The number of hydrogen-bond acceptors (Lipinski definition) is 5. The first-order chi connectivity index (χ1) is 14.8. The highest BCUT2D eigenvalue weighted by atomic mass is 35.5. The number of nitrogens with two attached hydrogens (primary N) is 1. The minimum atomic E-state index is -0.951. The number of carbonyl (C=O) groups is 3. The molecule has 0 bridgehead atoms. The number of rotatable bonds is 5. The molecule has 3 rings (SSSR count). The molecule has 0 aromatic heterocycles. The Hall–Kier alpha value is -3.33. The van der Waals surface area contributed by atoms with Gasteiger partial charge in [-0.2, -0.15) is 0 Å². The molecule has 0 radical (unpaired) electrons. The summed E-state index contributed by atoms with van der Waals surface area (Å²) in [6.07, 6.45) is 2.05. The number of ketones is 1.